The Bertz CT molecular complexity index is 434. The first kappa shape index (κ1) is 15.8. The van der Waals surface area contributed by atoms with Crippen molar-refractivity contribution >= 4 is 17.3 Å². The Kier molecular flexibility index (Phi) is 6.05. The standard InChI is InChI=1S/C17H27N3O/c1-3-20(4-2)16-10-8-14(9-11-16)19-17(21)13-15-7-5-6-12-18-15/h8-11,15,18H,3-7,12-13H2,1-2H3,(H,19,21). The quantitative estimate of drug-likeness (QED) is 0.846. The number of benzene rings is 1. The molecule has 0 saturated carbocycles. The van der Waals surface area contributed by atoms with Gasteiger partial charge >= 0.3 is 0 Å². The highest BCUT2D eigenvalue weighted by atomic mass is 16.1. The average molecular weight is 289 g/mol. The van der Waals surface area contributed by atoms with Gasteiger partial charge in [-0.2, -0.15) is 0 Å². The first-order valence-electron chi connectivity index (χ1n) is 8.11. The van der Waals surface area contributed by atoms with Crippen molar-refractivity contribution < 1.29 is 4.79 Å². The second kappa shape index (κ2) is 8.03. The molecule has 1 aromatic rings. The third kappa shape index (κ3) is 4.74. The van der Waals surface area contributed by atoms with Crippen LogP contribution in [0.25, 0.3) is 0 Å². The van der Waals surface area contributed by atoms with Gasteiger partial charge in [0.25, 0.3) is 0 Å². The second-order valence-corrected chi connectivity index (χ2v) is 5.62. The minimum absolute atomic E-state index is 0.102. The molecule has 0 bridgehead atoms. The third-order valence-electron chi connectivity index (χ3n) is 4.12. The minimum atomic E-state index is 0.102. The molecule has 1 heterocycles. The second-order valence-electron chi connectivity index (χ2n) is 5.62. The Labute approximate surface area is 127 Å². The maximum absolute atomic E-state index is 12.1. The van der Waals surface area contributed by atoms with Crippen LogP contribution in [0.4, 0.5) is 11.4 Å². The highest BCUT2D eigenvalue weighted by molar-refractivity contribution is 5.91. The summed E-state index contributed by atoms with van der Waals surface area (Å²) in [5.74, 6) is 0.102. The predicted octanol–water partition coefficient (Wildman–Crippen LogP) is 3.00. The highest BCUT2D eigenvalue weighted by Crippen LogP contribution is 2.18. The van der Waals surface area contributed by atoms with Crippen LogP contribution >= 0.6 is 0 Å². The van der Waals surface area contributed by atoms with Crippen LogP contribution < -0.4 is 15.5 Å². The van der Waals surface area contributed by atoms with Gasteiger partial charge in [-0.1, -0.05) is 6.42 Å². The molecule has 2 N–H and O–H groups in total. The van der Waals surface area contributed by atoms with Crippen LogP contribution in [-0.4, -0.2) is 31.6 Å². The lowest BCUT2D eigenvalue weighted by molar-refractivity contribution is -0.116. The fraction of sp³-hybridized carbons (Fsp3) is 0.588. The topological polar surface area (TPSA) is 44.4 Å². The highest BCUT2D eigenvalue weighted by Gasteiger charge is 2.16. The number of nitrogens with zero attached hydrogens (tertiary/aromatic N) is 1. The Morgan fingerprint density at radius 3 is 2.52 bits per heavy atom. The van der Waals surface area contributed by atoms with E-state index in [1.807, 2.05) is 12.1 Å². The lowest BCUT2D eigenvalue weighted by atomic mass is 10.0. The van der Waals surface area contributed by atoms with Crippen molar-refractivity contribution in [2.75, 3.05) is 29.9 Å². The zero-order chi connectivity index (χ0) is 15.1. The van der Waals surface area contributed by atoms with Crippen LogP contribution in [0, 0.1) is 0 Å². The Balaban J connectivity index is 1.86. The molecule has 116 valence electrons. The molecule has 0 aliphatic carbocycles. The molecule has 4 nitrogen and oxygen atoms in total. The van der Waals surface area contributed by atoms with Crippen LogP contribution in [-0.2, 0) is 4.79 Å². The van der Waals surface area contributed by atoms with Crippen LogP contribution in [0.5, 0.6) is 0 Å². The summed E-state index contributed by atoms with van der Waals surface area (Å²) in [6, 6.07) is 8.46. The monoisotopic (exact) mass is 289 g/mol. The smallest absolute Gasteiger partial charge is 0.225 e. The first-order valence-corrected chi connectivity index (χ1v) is 8.11. The number of amides is 1. The number of piperidine rings is 1. The van der Waals surface area contributed by atoms with Crippen LogP contribution in [0.3, 0.4) is 0 Å². The van der Waals surface area contributed by atoms with Crippen molar-refractivity contribution in [3.05, 3.63) is 24.3 Å². The average Bonchev–Trinajstić information content (AvgIpc) is 2.51. The van der Waals surface area contributed by atoms with Crippen LogP contribution in [0.2, 0.25) is 0 Å². The number of anilines is 2. The summed E-state index contributed by atoms with van der Waals surface area (Å²) in [7, 11) is 0. The molecule has 1 amide bonds. The van der Waals surface area contributed by atoms with Gasteiger partial charge in [0.1, 0.15) is 0 Å². The molecule has 0 aromatic heterocycles. The van der Waals surface area contributed by atoms with E-state index in [0.717, 1.165) is 31.7 Å². The Morgan fingerprint density at radius 1 is 1.24 bits per heavy atom. The van der Waals surface area contributed by atoms with Gasteiger partial charge in [-0.15, -0.1) is 0 Å². The zero-order valence-electron chi connectivity index (χ0n) is 13.2. The van der Waals surface area contributed by atoms with E-state index in [1.165, 1.54) is 18.5 Å². The van der Waals surface area contributed by atoms with Gasteiger partial charge in [0.15, 0.2) is 0 Å². The molecule has 1 unspecified atom stereocenters. The summed E-state index contributed by atoms with van der Waals surface area (Å²) in [4.78, 5) is 14.3. The maximum atomic E-state index is 12.1. The molecule has 21 heavy (non-hydrogen) atoms. The van der Waals surface area contributed by atoms with E-state index in [2.05, 4.69) is 41.5 Å². The molecule has 1 saturated heterocycles. The molecular weight excluding hydrogens is 262 g/mol. The van der Waals surface area contributed by atoms with Crippen molar-refractivity contribution in [2.45, 2.75) is 45.6 Å². The van der Waals surface area contributed by atoms with E-state index in [9.17, 15) is 4.79 Å². The number of nitrogens with one attached hydrogen (secondary N) is 2. The SMILES string of the molecule is CCN(CC)c1ccc(NC(=O)CC2CCCCN2)cc1. The molecule has 0 spiro atoms. The first-order chi connectivity index (χ1) is 10.2. The molecule has 1 fully saturated rings. The van der Waals surface area contributed by atoms with E-state index in [1.54, 1.807) is 0 Å². The normalized spacial score (nSPS) is 18.3. The predicted molar refractivity (Wildman–Crippen MR) is 88.9 cm³/mol. The van der Waals surface area contributed by atoms with Gasteiger partial charge in [-0.3, -0.25) is 4.79 Å². The summed E-state index contributed by atoms with van der Waals surface area (Å²) in [5, 5.41) is 6.40. The van der Waals surface area contributed by atoms with Gasteiger partial charge in [0, 0.05) is 36.9 Å². The molecule has 1 atom stereocenters. The molecular formula is C17H27N3O. The van der Waals surface area contributed by atoms with E-state index >= 15 is 0 Å². The summed E-state index contributed by atoms with van der Waals surface area (Å²) in [5.41, 5.74) is 2.08. The molecule has 1 aromatic carbocycles. The maximum Gasteiger partial charge on any atom is 0.225 e. The van der Waals surface area contributed by atoms with Gasteiger partial charge in [-0.05, 0) is 57.5 Å². The fourth-order valence-corrected chi connectivity index (χ4v) is 2.88. The molecule has 2 rings (SSSR count). The lowest BCUT2D eigenvalue weighted by Crippen LogP contribution is -2.36. The minimum Gasteiger partial charge on any atom is -0.372 e. The molecule has 4 heteroatoms. The summed E-state index contributed by atoms with van der Waals surface area (Å²) < 4.78 is 0. The number of hydrogen-bond donors (Lipinski definition) is 2. The lowest BCUT2D eigenvalue weighted by Gasteiger charge is -2.23. The number of carbonyl (C=O) groups excluding carboxylic acids is 1. The largest absolute Gasteiger partial charge is 0.372 e. The molecule has 1 aliphatic heterocycles. The molecule has 0 radical (unpaired) electrons. The van der Waals surface area contributed by atoms with Crippen LogP contribution in [0.15, 0.2) is 24.3 Å². The summed E-state index contributed by atoms with van der Waals surface area (Å²) in [6.07, 6.45) is 4.13. The number of hydrogen-bond acceptors (Lipinski definition) is 3. The van der Waals surface area contributed by atoms with Gasteiger partial charge in [-0.25, -0.2) is 0 Å². The summed E-state index contributed by atoms with van der Waals surface area (Å²) in [6.45, 7) is 7.33. The molecule has 1 aliphatic rings. The number of carbonyl (C=O) groups is 1. The van der Waals surface area contributed by atoms with Crippen molar-refractivity contribution in [3.8, 4) is 0 Å². The van der Waals surface area contributed by atoms with E-state index in [4.69, 9.17) is 0 Å². The Morgan fingerprint density at radius 2 is 1.95 bits per heavy atom. The van der Waals surface area contributed by atoms with Crippen molar-refractivity contribution in [3.63, 3.8) is 0 Å². The van der Waals surface area contributed by atoms with E-state index in [-0.39, 0.29) is 5.91 Å². The van der Waals surface area contributed by atoms with Crippen molar-refractivity contribution in [2.24, 2.45) is 0 Å². The summed E-state index contributed by atoms with van der Waals surface area (Å²) >= 11 is 0. The van der Waals surface area contributed by atoms with Gasteiger partial charge in [0.05, 0.1) is 0 Å². The van der Waals surface area contributed by atoms with Crippen molar-refractivity contribution in [1.29, 1.82) is 0 Å². The Hall–Kier alpha value is -1.55. The zero-order valence-corrected chi connectivity index (χ0v) is 13.2. The van der Waals surface area contributed by atoms with E-state index < -0.39 is 0 Å². The van der Waals surface area contributed by atoms with Crippen molar-refractivity contribution in [1.82, 2.24) is 5.32 Å². The fourth-order valence-electron chi connectivity index (χ4n) is 2.88. The number of rotatable bonds is 6. The van der Waals surface area contributed by atoms with Gasteiger partial charge in [0.2, 0.25) is 5.91 Å². The van der Waals surface area contributed by atoms with E-state index in [0.29, 0.717) is 12.5 Å². The third-order valence-corrected chi connectivity index (χ3v) is 4.12. The van der Waals surface area contributed by atoms with Crippen LogP contribution in [0.1, 0.15) is 39.5 Å². The van der Waals surface area contributed by atoms with Gasteiger partial charge < -0.3 is 15.5 Å².